The summed E-state index contributed by atoms with van der Waals surface area (Å²) in [5.41, 5.74) is 4.52. The van der Waals surface area contributed by atoms with Gasteiger partial charge in [-0.2, -0.15) is 0 Å². The highest BCUT2D eigenvalue weighted by atomic mass is 16.7. The molecule has 210 valence electrons. The molecule has 2 fully saturated rings. The standard InChI is InChI=1S/C33H54O4/c1-20(2)21(3)19-33(36,37-23(5)34)22(4)24-13-17-32(10)26-11-12-27-29(6,7)28(35)15-16-30(27,8)25(26)14-18-31(24,32)9/h20,22,24,27-28,35-36H,3,11-19H2,1-2,4-10H3/t22-,24-,27+,28+,30-,31-,32+,33?/m1/s1. The fourth-order valence-corrected chi connectivity index (χ4v) is 9.90. The summed E-state index contributed by atoms with van der Waals surface area (Å²) < 4.78 is 5.74. The number of ether oxygens (including phenoxy) is 1. The van der Waals surface area contributed by atoms with E-state index in [9.17, 15) is 15.0 Å². The lowest BCUT2D eigenvalue weighted by atomic mass is 9.43. The van der Waals surface area contributed by atoms with Crippen LogP contribution in [0.1, 0.15) is 120 Å². The molecule has 2 N–H and O–H groups in total. The molecule has 37 heavy (non-hydrogen) atoms. The Bertz CT molecular complexity index is 977. The minimum Gasteiger partial charge on any atom is -0.433 e. The predicted molar refractivity (Wildman–Crippen MR) is 150 cm³/mol. The van der Waals surface area contributed by atoms with E-state index in [0.29, 0.717) is 12.3 Å². The second-order valence-electron chi connectivity index (χ2n) is 15.0. The van der Waals surface area contributed by atoms with Crippen LogP contribution >= 0.6 is 0 Å². The molecule has 0 radical (unpaired) electrons. The number of rotatable bonds is 6. The Balaban J connectivity index is 1.70. The number of hydrogen-bond donors (Lipinski definition) is 2. The van der Waals surface area contributed by atoms with Gasteiger partial charge in [0.15, 0.2) is 0 Å². The van der Waals surface area contributed by atoms with E-state index in [-0.39, 0.29) is 45.5 Å². The summed E-state index contributed by atoms with van der Waals surface area (Å²) in [4.78, 5) is 12.2. The topological polar surface area (TPSA) is 66.8 Å². The lowest BCUT2D eigenvalue weighted by molar-refractivity contribution is -0.241. The first kappa shape index (κ1) is 28.9. The third-order valence-electron chi connectivity index (χ3n) is 12.7. The van der Waals surface area contributed by atoms with Gasteiger partial charge in [-0.05, 0) is 90.8 Å². The zero-order valence-corrected chi connectivity index (χ0v) is 25.2. The van der Waals surface area contributed by atoms with Gasteiger partial charge in [0, 0.05) is 19.3 Å². The predicted octanol–water partition coefficient (Wildman–Crippen LogP) is 7.59. The van der Waals surface area contributed by atoms with E-state index in [1.54, 1.807) is 11.1 Å². The highest BCUT2D eigenvalue weighted by molar-refractivity contribution is 5.66. The van der Waals surface area contributed by atoms with Crippen LogP contribution in [-0.2, 0) is 9.53 Å². The van der Waals surface area contributed by atoms with Crippen LogP contribution < -0.4 is 0 Å². The van der Waals surface area contributed by atoms with E-state index in [0.717, 1.165) is 56.9 Å². The molecule has 0 aromatic rings. The summed E-state index contributed by atoms with van der Waals surface area (Å²) in [6.45, 7) is 23.9. The normalized spacial score (nSPS) is 41.4. The van der Waals surface area contributed by atoms with Crippen molar-refractivity contribution in [3.05, 3.63) is 23.3 Å². The van der Waals surface area contributed by atoms with Crippen molar-refractivity contribution in [2.24, 2.45) is 45.3 Å². The maximum atomic E-state index is 12.2. The van der Waals surface area contributed by atoms with E-state index in [1.807, 2.05) is 0 Å². The fourth-order valence-electron chi connectivity index (χ4n) is 9.90. The smallest absolute Gasteiger partial charge is 0.305 e. The second-order valence-corrected chi connectivity index (χ2v) is 15.0. The molecule has 0 aromatic carbocycles. The Morgan fingerprint density at radius 1 is 1.03 bits per heavy atom. The van der Waals surface area contributed by atoms with Crippen LogP contribution in [0.2, 0.25) is 0 Å². The highest BCUT2D eigenvalue weighted by Gasteiger charge is 2.65. The van der Waals surface area contributed by atoms with Crippen molar-refractivity contribution < 1.29 is 19.7 Å². The molecule has 4 nitrogen and oxygen atoms in total. The Morgan fingerprint density at radius 3 is 2.27 bits per heavy atom. The second kappa shape index (κ2) is 9.22. The van der Waals surface area contributed by atoms with Crippen LogP contribution in [-0.4, -0.2) is 28.1 Å². The maximum absolute atomic E-state index is 12.2. The monoisotopic (exact) mass is 514 g/mol. The lowest BCUT2D eigenvalue weighted by Gasteiger charge is -2.62. The fraction of sp³-hybridized carbons (Fsp3) is 0.848. The van der Waals surface area contributed by atoms with Crippen LogP contribution in [0.4, 0.5) is 0 Å². The lowest BCUT2D eigenvalue weighted by Crippen LogP contribution is -2.55. The van der Waals surface area contributed by atoms with Gasteiger partial charge in [0.1, 0.15) is 0 Å². The molecular formula is C33H54O4. The van der Waals surface area contributed by atoms with Crippen molar-refractivity contribution in [3.63, 3.8) is 0 Å². The van der Waals surface area contributed by atoms with E-state index in [4.69, 9.17) is 4.74 Å². The van der Waals surface area contributed by atoms with Crippen molar-refractivity contribution in [1.82, 2.24) is 0 Å². The number of aliphatic hydroxyl groups excluding tert-OH is 1. The molecule has 4 heteroatoms. The largest absolute Gasteiger partial charge is 0.433 e. The SMILES string of the molecule is C=C(CC(O)(OC(C)=O)[C@H](C)[C@H]1CC[C@@]2(C)C3=C(CC[C@]12C)[C@@]1(C)CC[C@H](O)C(C)(C)[C@@H]1CC3)C(C)C. The van der Waals surface area contributed by atoms with Crippen LogP contribution in [0.5, 0.6) is 0 Å². The van der Waals surface area contributed by atoms with Gasteiger partial charge in [-0.25, -0.2) is 0 Å². The summed E-state index contributed by atoms with van der Waals surface area (Å²) in [6, 6.07) is 0. The van der Waals surface area contributed by atoms with E-state index < -0.39 is 11.8 Å². The summed E-state index contributed by atoms with van der Waals surface area (Å²) in [7, 11) is 0. The van der Waals surface area contributed by atoms with Gasteiger partial charge in [-0.1, -0.05) is 78.7 Å². The molecule has 4 aliphatic rings. The average Bonchev–Trinajstić information content (AvgIpc) is 3.06. The molecule has 0 amide bonds. The van der Waals surface area contributed by atoms with Gasteiger partial charge in [0.2, 0.25) is 5.79 Å². The minimum absolute atomic E-state index is 0.0332. The van der Waals surface area contributed by atoms with Gasteiger partial charge in [0.05, 0.1) is 6.10 Å². The molecule has 4 aliphatic carbocycles. The summed E-state index contributed by atoms with van der Waals surface area (Å²) in [5.74, 6) is -1.16. The molecule has 1 unspecified atom stereocenters. The number of fused-ring (bicyclic) bond motifs is 4. The first-order valence-electron chi connectivity index (χ1n) is 14.9. The maximum Gasteiger partial charge on any atom is 0.305 e. The van der Waals surface area contributed by atoms with E-state index in [1.165, 1.54) is 6.92 Å². The zero-order chi connectivity index (χ0) is 27.8. The van der Waals surface area contributed by atoms with Gasteiger partial charge < -0.3 is 14.9 Å². The third kappa shape index (κ3) is 4.19. The summed E-state index contributed by atoms with van der Waals surface area (Å²) in [5, 5.41) is 22.8. The Labute approximate surface area is 226 Å². The number of carbonyl (C=O) groups is 1. The molecule has 0 aliphatic heterocycles. The summed E-state index contributed by atoms with van der Waals surface area (Å²) >= 11 is 0. The number of hydrogen-bond acceptors (Lipinski definition) is 4. The first-order valence-corrected chi connectivity index (χ1v) is 14.9. The van der Waals surface area contributed by atoms with Crippen LogP contribution in [0.25, 0.3) is 0 Å². The Kier molecular flexibility index (Phi) is 7.19. The minimum atomic E-state index is -1.53. The zero-order valence-electron chi connectivity index (χ0n) is 25.2. The molecule has 0 heterocycles. The number of carbonyl (C=O) groups excluding carboxylic acids is 1. The molecule has 8 atom stereocenters. The van der Waals surface area contributed by atoms with Crippen LogP contribution in [0.15, 0.2) is 23.3 Å². The van der Waals surface area contributed by atoms with Crippen molar-refractivity contribution in [2.45, 2.75) is 132 Å². The molecule has 0 aromatic heterocycles. The number of aliphatic hydroxyl groups is 2. The van der Waals surface area contributed by atoms with Gasteiger partial charge in [-0.15, -0.1) is 0 Å². The molecule has 2 saturated carbocycles. The van der Waals surface area contributed by atoms with Crippen LogP contribution in [0.3, 0.4) is 0 Å². The van der Waals surface area contributed by atoms with Gasteiger partial charge in [0.25, 0.3) is 0 Å². The van der Waals surface area contributed by atoms with Gasteiger partial charge >= 0.3 is 5.97 Å². The average molecular weight is 515 g/mol. The molecule has 0 saturated heterocycles. The molecular weight excluding hydrogens is 460 g/mol. The molecule has 0 bridgehead atoms. The van der Waals surface area contributed by atoms with Crippen LogP contribution in [0, 0.1) is 45.3 Å². The number of esters is 1. The Hall–Kier alpha value is -1.13. The van der Waals surface area contributed by atoms with Crippen molar-refractivity contribution in [3.8, 4) is 0 Å². The molecule has 0 spiro atoms. The van der Waals surface area contributed by atoms with Gasteiger partial charge in [-0.3, -0.25) is 4.79 Å². The third-order valence-corrected chi connectivity index (χ3v) is 12.7. The van der Waals surface area contributed by atoms with Crippen molar-refractivity contribution in [1.29, 1.82) is 0 Å². The highest BCUT2D eigenvalue weighted by Crippen LogP contribution is 2.72. The number of allylic oxidation sites excluding steroid dienone is 2. The Morgan fingerprint density at radius 2 is 1.68 bits per heavy atom. The quantitative estimate of drug-likeness (QED) is 0.218. The first-order chi connectivity index (χ1) is 16.9. The van der Waals surface area contributed by atoms with E-state index in [2.05, 4.69) is 62.0 Å². The summed E-state index contributed by atoms with van der Waals surface area (Å²) in [6.07, 6.45) is 8.68. The van der Waals surface area contributed by atoms with Crippen molar-refractivity contribution in [2.75, 3.05) is 0 Å². The van der Waals surface area contributed by atoms with E-state index >= 15 is 0 Å². The molecule has 4 rings (SSSR count). The van der Waals surface area contributed by atoms with Crippen molar-refractivity contribution >= 4 is 5.97 Å².